The Hall–Kier alpha value is -2.64. The fourth-order valence-corrected chi connectivity index (χ4v) is 2.87. The van der Waals surface area contributed by atoms with Gasteiger partial charge in [0.1, 0.15) is 5.75 Å². The molecule has 7 nitrogen and oxygen atoms in total. The van der Waals surface area contributed by atoms with Crippen molar-refractivity contribution in [3.05, 3.63) is 68.7 Å². The summed E-state index contributed by atoms with van der Waals surface area (Å²) in [7, 11) is 3.38. The second kappa shape index (κ2) is 9.89. The Labute approximate surface area is 163 Å². The van der Waals surface area contributed by atoms with Crippen LogP contribution in [0.25, 0.3) is 0 Å². The molecule has 0 spiro atoms. The lowest BCUT2D eigenvalue weighted by atomic mass is 10.1. The molecule has 8 heteroatoms. The van der Waals surface area contributed by atoms with E-state index in [9.17, 15) is 14.9 Å². The van der Waals surface area contributed by atoms with Crippen LogP contribution in [0.15, 0.2) is 42.5 Å². The number of carbonyl (C=O) groups is 1. The summed E-state index contributed by atoms with van der Waals surface area (Å²) < 4.78 is 5.29. The molecular formula is C19H22ClN3O4. The summed E-state index contributed by atoms with van der Waals surface area (Å²) in [6, 6.07) is 11.9. The van der Waals surface area contributed by atoms with E-state index in [2.05, 4.69) is 5.32 Å². The number of non-ortho nitro benzene ring substituents is 1. The zero-order valence-electron chi connectivity index (χ0n) is 15.3. The van der Waals surface area contributed by atoms with Gasteiger partial charge in [-0.05, 0) is 36.7 Å². The third-order valence-electron chi connectivity index (χ3n) is 4.00. The van der Waals surface area contributed by atoms with Crippen molar-refractivity contribution in [2.45, 2.75) is 13.0 Å². The number of nitrogens with one attached hydrogen (secondary N) is 1. The van der Waals surface area contributed by atoms with Crippen molar-refractivity contribution in [1.29, 1.82) is 0 Å². The summed E-state index contributed by atoms with van der Waals surface area (Å²) in [4.78, 5) is 24.3. The van der Waals surface area contributed by atoms with Gasteiger partial charge in [0, 0.05) is 30.2 Å². The van der Waals surface area contributed by atoms with E-state index >= 15 is 0 Å². The van der Waals surface area contributed by atoms with E-state index in [-0.39, 0.29) is 18.1 Å². The molecule has 0 atom stereocenters. The summed E-state index contributed by atoms with van der Waals surface area (Å²) in [5, 5.41) is 14.2. The van der Waals surface area contributed by atoms with Crippen molar-refractivity contribution < 1.29 is 14.5 Å². The van der Waals surface area contributed by atoms with Gasteiger partial charge >= 0.3 is 0 Å². The highest BCUT2D eigenvalue weighted by Crippen LogP contribution is 2.23. The minimum Gasteiger partial charge on any atom is -0.496 e. The van der Waals surface area contributed by atoms with Gasteiger partial charge in [-0.15, -0.1) is 0 Å². The average Bonchev–Trinajstić information content (AvgIpc) is 2.63. The lowest BCUT2D eigenvalue weighted by molar-refractivity contribution is -0.384. The molecule has 0 unspecified atom stereocenters. The smallest absolute Gasteiger partial charge is 0.269 e. The van der Waals surface area contributed by atoms with Gasteiger partial charge in [-0.2, -0.15) is 0 Å². The van der Waals surface area contributed by atoms with Crippen LogP contribution in [0.2, 0.25) is 5.02 Å². The van der Waals surface area contributed by atoms with Crippen molar-refractivity contribution in [1.82, 2.24) is 10.2 Å². The number of halogens is 1. The lowest BCUT2D eigenvalue weighted by Gasteiger charge is -2.17. The normalized spacial score (nSPS) is 10.7. The van der Waals surface area contributed by atoms with Crippen LogP contribution in [0.5, 0.6) is 5.75 Å². The van der Waals surface area contributed by atoms with Crippen LogP contribution < -0.4 is 10.1 Å². The SMILES string of the molecule is COc1ccccc1CCNC(=O)CN(C)Cc1cc([N+](=O)[O-])ccc1Cl. The molecule has 2 aromatic carbocycles. The van der Waals surface area contributed by atoms with Gasteiger partial charge in [0.15, 0.2) is 0 Å². The molecular weight excluding hydrogens is 370 g/mol. The van der Waals surface area contributed by atoms with Crippen LogP contribution in [0.1, 0.15) is 11.1 Å². The Morgan fingerprint density at radius 2 is 2.00 bits per heavy atom. The maximum Gasteiger partial charge on any atom is 0.269 e. The number of ether oxygens (including phenoxy) is 1. The third kappa shape index (κ3) is 6.23. The summed E-state index contributed by atoms with van der Waals surface area (Å²) in [6.07, 6.45) is 0.663. The fourth-order valence-electron chi connectivity index (χ4n) is 2.69. The number of likely N-dealkylation sites (N-methyl/N-ethyl adjacent to an activating group) is 1. The summed E-state index contributed by atoms with van der Waals surface area (Å²) in [5.41, 5.74) is 1.61. The zero-order chi connectivity index (χ0) is 19.8. The van der Waals surface area contributed by atoms with Crippen LogP contribution in [-0.2, 0) is 17.8 Å². The number of amides is 1. The van der Waals surface area contributed by atoms with E-state index < -0.39 is 4.92 Å². The predicted octanol–water partition coefficient (Wildman–Crippen LogP) is 3.05. The van der Waals surface area contributed by atoms with Gasteiger partial charge in [0.05, 0.1) is 18.6 Å². The van der Waals surface area contributed by atoms with Crippen molar-refractivity contribution in [2.75, 3.05) is 27.2 Å². The van der Waals surface area contributed by atoms with Crippen LogP contribution in [-0.4, -0.2) is 43.0 Å². The number of methoxy groups -OCH3 is 1. The Bertz CT molecular complexity index is 813. The molecule has 1 amide bonds. The Morgan fingerprint density at radius 1 is 1.26 bits per heavy atom. The minimum absolute atomic E-state index is 0.0240. The summed E-state index contributed by atoms with van der Waals surface area (Å²) >= 11 is 6.10. The van der Waals surface area contributed by atoms with Gasteiger partial charge < -0.3 is 10.1 Å². The number of rotatable bonds is 9. The van der Waals surface area contributed by atoms with Gasteiger partial charge in [-0.25, -0.2) is 0 Å². The van der Waals surface area contributed by atoms with Gasteiger partial charge in [-0.1, -0.05) is 29.8 Å². The van der Waals surface area contributed by atoms with Crippen LogP contribution in [0.3, 0.4) is 0 Å². The molecule has 2 rings (SSSR count). The molecule has 0 heterocycles. The van der Waals surface area contributed by atoms with E-state index in [0.717, 1.165) is 11.3 Å². The summed E-state index contributed by atoms with van der Waals surface area (Å²) in [5.74, 6) is 0.665. The van der Waals surface area contributed by atoms with E-state index in [1.54, 1.807) is 19.1 Å². The molecule has 0 saturated carbocycles. The number of carbonyl (C=O) groups excluding carboxylic acids is 1. The molecule has 2 aromatic rings. The standard InChI is InChI=1S/C19H22ClN3O4/c1-22(12-15-11-16(23(25)26)7-8-17(15)20)13-19(24)21-10-9-14-5-3-4-6-18(14)27-2/h3-8,11H,9-10,12-13H2,1-2H3,(H,21,24). The predicted molar refractivity (Wildman–Crippen MR) is 104 cm³/mol. The van der Waals surface area contributed by atoms with Crippen LogP contribution in [0.4, 0.5) is 5.69 Å². The van der Waals surface area contributed by atoms with Crippen molar-refractivity contribution >= 4 is 23.2 Å². The Kier molecular flexibility index (Phi) is 7.57. The average molecular weight is 392 g/mol. The highest BCUT2D eigenvalue weighted by atomic mass is 35.5. The number of para-hydroxylation sites is 1. The molecule has 0 radical (unpaired) electrons. The quantitative estimate of drug-likeness (QED) is 0.524. The number of nitro groups is 1. The minimum atomic E-state index is -0.468. The molecule has 0 aromatic heterocycles. The first-order chi connectivity index (χ1) is 12.9. The van der Waals surface area contributed by atoms with E-state index in [1.807, 2.05) is 24.3 Å². The molecule has 0 aliphatic rings. The first kappa shape index (κ1) is 20.7. The van der Waals surface area contributed by atoms with E-state index in [4.69, 9.17) is 16.3 Å². The zero-order valence-corrected chi connectivity index (χ0v) is 16.0. The Balaban J connectivity index is 1.83. The first-order valence-corrected chi connectivity index (χ1v) is 8.78. The van der Waals surface area contributed by atoms with Gasteiger partial charge in [0.25, 0.3) is 5.69 Å². The molecule has 0 saturated heterocycles. The topological polar surface area (TPSA) is 84.7 Å². The number of nitro benzene ring substituents is 1. The molecule has 144 valence electrons. The third-order valence-corrected chi connectivity index (χ3v) is 4.37. The largest absolute Gasteiger partial charge is 0.496 e. The molecule has 0 aliphatic carbocycles. The number of nitrogens with zero attached hydrogens (tertiary/aromatic N) is 2. The Morgan fingerprint density at radius 3 is 2.70 bits per heavy atom. The van der Waals surface area contributed by atoms with E-state index in [0.29, 0.717) is 30.1 Å². The highest BCUT2D eigenvalue weighted by Gasteiger charge is 2.13. The first-order valence-electron chi connectivity index (χ1n) is 8.40. The second-order valence-corrected chi connectivity index (χ2v) is 6.52. The van der Waals surface area contributed by atoms with Crippen LogP contribution in [0, 0.1) is 10.1 Å². The molecule has 0 fully saturated rings. The molecule has 0 bridgehead atoms. The second-order valence-electron chi connectivity index (χ2n) is 6.12. The lowest BCUT2D eigenvalue weighted by Crippen LogP contribution is -2.35. The molecule has 1 N–H and O–H groups in total. The number of benzene rings is 2. The maximum atomic E-state index is 12.1. The number of hydrogen-bond acceptors (Lipinski definition) is 5. The highest BCUT2D eigenvalue weighted by molar-refractivity contribution is 6.31. The maximum absolute atomic E-state index is 12.1. The monoisotopic (exact) mass is 391 g/mol. The molecule has 0 aliphatic heterocycles. The molecule has 27 heavy (non-hydrogen) atoms. The van der Waals surface area contributed by atoms with Crippen molar-refractivity contribution in [2.24, 2.45) is 0 Å². The van der Waals surface area contributed by atoms with Crippen molar-refractivity contribution in [3.8, 4) is 5.75 Å². The van der Waals surface area contributed by atoms with Gasteiger partial charge in [0.2, 0.25) is 5.91 Å². The summed E-state index contributed by atoms with van der Waals surface area (Å²) in [6.45, 7) is 0.982. The van der Waals surface area contributed by atoms with Crippen molar-refractivity contribution in [3.63, 3.8) is 0 Å². The van der Waals surface area contributed by atoms with Gasteiger partial charge in [-0.3, -0.25) is 19.8 Å². The number of hydrogen-bond donors (Lipinski definition) is 1. The van der Waals surface area contributed by atoms with E-state index in [1.165, 1.54) is 18.2 Å². The van der Waals surface area contributed by atoms with Crippen LogP contribution >= 0.6 is 11.6 Å². The fraction of sp³-hybridized carbons (Fsp3) is 0.316.